The molecule has 3 aromatic heterocycles. The highest BCUT2D eigenvalue weighted by Gasteiger charge is 2.66. The Morgan fingerprint density at radius 2 is 1.46 bits per heavy atom. The van der Waals surface area contributed by atoms with E-state index in [1.54, 1.807) is 24.3 Å². The molecule has 3 aromatic carbocycles. The highest BCUT2D eigenvalue weighted by molar-refractivity contribution is 6.22. The second kappa shape index (κ2) is 9.64. The van der Waals surface area contributed by atoms with Gasteiger partial charge in [0.05, 0.1) is 39.0 Å². The summed E-state index contributed by atoms with van der Waals surface area (Å²) in [5.74, 6) is 0.507. The third-order valence-electron chi connectivity index (χ3n) is 10.3. The molecule has 0 unspecified atom stereocenters. The van der Waals surface area contributed by atoms with Crippen LogP contribution in [0.25, 0.3) is 39.1 Å². The zero-order valence-electron chi connectivity index (χ0n) is 25.4. The molecule has 2 saturated carbocycles. The van der Waals surface area contributed by atoms with Crippen LogP contribution in [0.15, 0.2) is 97.1 Å². The molecule has 6 aromatic rings. The molecular formula is C38H31N5O3. The molecule has 0 bridgehead atoms. The molecule has 0 spiro atoms. The molecule has 1 N–H and O–H groups in total. The summed E-state index contributed by atoms with van der Waals surface area (Å²) in [7, 11) is 0. The first-order valence-corrected chi connectivity index (χ1v) is 15.9. The Morgan fingerprint density at radius 3 is 2.11 bits per heavy atom. The Hall–Kier alpha value is -5.21. The zero-order chi connectivity index (χ0) is 31.2. The maximum Gasteiger partial charge on any atom is 0.262 e. The number of aromatic nitrogens is 4. The van der Waals surface area contributed by atoms with Gasteiger partial charge in [0, 0.05) is 30.4 Å². The van der Waals surface area contributed by atoms with Crippen molar-refractivity contribution in [2.24, 2.45) is 5.92 Å². The number of hydrogen-bond acceptors (Lipinski definition) is 6. The van der Waals surface area contributed by atoms with Gasteiger partial charge in [-0.2, -0.15) is 0 Å². The molecule has 4 heterocycles. The van der Waals surface area contributed by atoms with E-state index in [-0.39, 0.29) is 17.7 Å². The summed E-state index contributed by atoms with van der Waals surface area (Å²) in [6.45, 7) is 2.07. The van der Waals surface area contributed by atoms with Crippen LogP contribution in [0.2, 0.25) is 0 Å². The summed E-state index contributed by atoms with van der Waals surface area (Å²) in [5.41, 5.74) is 6.21. The monoisotopic (exact) mass is 605 g/mol. The van der Waals surface area contributed by atoms with E-state index in [2.05, 4.69) is 39.7 Å². The van der Waals surface area contributed by atoms with Crippen molar-refractivity contribution >= 4 is 28.5 Å². The van der Waals surface area contributed by atoms with Crippen LogP contribution in [0.4, 0.5) is 0 Å². The third-order valence-corrected chi connectivity index (χ3v) is 10.3. The van der Waals surface area contributed by atoms with E-state index in [1.165, 1.54) is 4.90 Å². The smallest absolute Gasteiger partial charge is 0.262 e. The van der Waals surface area contributed by atoms with Gasteiger partial charge in [0.2, 0.25) is 0 Å². The first-order chi connectivity index (χ1) is 22.4. The Bertz CT molecular complexity index is 2180. The fraction of sp³-hybridized carbons (Fsp3) is 0.237. The summed E-state index contributed by atoms with van der Waals surface area (Å²) >= 11 is 0. The van der Waals surface area contributed by atoms with Crippen LogP contribution in [-0.2, 0) is 12.0 Å². The maximum absolute atomic E-state index is 13.8. The molecular weight excluding hydrogens is 574 g/mol. The van der Waals surface area contributed by atoms with E-state index in [9.17, 15) is 14.7 Å². The van der Waals surface area contributed by atoms with Gasteiger partial charge in [-0.25, -0.2) is 4.98 Å². The second-order valence-electron chi connectivity index (χ2n) is 13.0. The number of rotatable bonds is 6. The van der Waals surface area contributed by atoms with E-state index in [1.807, 2.05) is 54.6 Å². The van der Waals surface area contributed by atoms with Crippen LogP contribution in [0, 0.1) is 5.92 Å². The Morgan fingerprint density at radius 1 is 0.783 bits per heavy atom. The zero-order valence-corrected chi connectivity index (χ0v) is 25.4. The number of imide groups is 1. The first-order valence-electron chi connectivity index (χ1n) is 15.9. The summed E-state index contributed by atoms with van der Waals surface area (Å²) in [5, 5.41) is 20.3. The lowest BCUT2D eigenvalue weighted by Crippen LogP contribution is -2.65. The van der Waals surface area contributed by atoms with Gasteiger partial charge in [0.25, 0.3) is 11.8 Å². The number of nitrogens with zero attached hydrogens (tertiary/aromatic N) is 5. The Labute approximate surface area is 265 Å². The van der Waals surface area contributed by atoms with Gasteiger partial charge in [-0.3, -0.25) is 18.9 Å². The minimum atomic E-state index is -0.918. The fourth-order valence-corrected chi connectivity index (χ4v) is 7.84. The van der Waals surface area contributed by atoms with Gasteiger partial charge in [-0.15, -0.1) is 10.2 Å². The number of fused-ring (bicyclic) bond motifs is 4. The van der Waals surface area contributed by atoms with E-state index in [0.717, 1.165) is 69.7 Å². The number of hydrogen-bond donors (Lipinski definition) is 1. The van der Waals surface area contributed by atoms with Gasteiger partial charge in [-0.05, 0) is 60.2 Å². The van der Waals surface area contributed by atoms with Gasteiger partial charge in [-0.1, -0.05) is 73.7 Å². The average Bonchev–Trinajstić information content (AvgIpc) is 3.81. The van der Waals surface area contributed by atoms with Gasteiger partial charge in [0.15, 0.2) is 5.65 Å². The predicted molar refractivity (Wildman–Crippen MR) is 174 cm³/mol. The van der Waals surface area contributed by atoms with Crippen molar-refractivity contribution in [3.05, 3.63) is 120 Å². The topological polar surface area (TPSA) is 101 Å². The summed E-state index contributed by atoms with van der Waals surface area (Å²) < 4.78 is 2.07. The molecule has 226 valence electrons. The second-order valence-corrected chi connectivity index (χ2v) is 13.0. The Balaban J connectivity index is 1.18. The van der Waals surface area contributed by atoms with Crippen molar-refractivity contribution in [3.8, 4) is 22.4 Å². The van der Waals surface area contributed by atoms with Crippen molar-refractivity contribution in [1.82, 2.24) is 24.5 Å². The van der Waals surface area contributed by atoms with Crippen LogP contribution in [0.1, 0.15) is 64.7 Å². The molecule has 9 rings (SSSR count). The van der Waals surface area contributed by atoms with E-state index < -0.39 is 11.1 Å². The van der Waals surface area contributed by atoms with Crippen LogP contribution >= 0.6 is 0 Å². The SMILES string of the molecule is CCc1nnc2ccc3nc(-c4ccc([C@]5(N6C(=O)c7ccccc7C6=O)C[C@@](O)(C6CC6)C5)cc4)c(-c4ccccc4)cc3n12. The lowest BCUT2D eigenvalue weighted by atomic mass is 9.58. The van der Waals surface area contributed by atoms with Crippen LogP contribution in [-0.4, -0.2) is 47.0 Å². The molecule has 2 amide bonds. The fourth-order valence-electron chi connectivity index (χ4n) is 7.84. The molecule has 2 fully saturated rings. The highest BCUT2D eigenvalue weighted by atomic mass is 16.3. The lowest BCUT2D eigenvalue weighted by molar-refractivity contribution is -0.143. The minimum absolute atomic E-state index is 0.218. The lowest BCUT2D eigenvalue weighted by Gasteiger charge is -2.57. The van der Waals surface area contributed by atoms with Crippen LogP contribution in [0.3, 0.4) is 0 Å². The number of amides is 2. The first kappa shape index (κ1) is 27.1. The number of carbonyl (C=O) groups is 2. The third kappa shape index (κ3) is 3.80. The summed E-state index contributed by atoms with van der Waals surface area (Å²) in [4.78, 5) is 34.1. The van der Waals surface area contributed by atoms with E-state index in [4.69, 9.17) is 4.98 Å². The van der Waals surface area contributed by atoms with Gasteiger partial charge < -0.3 is 5.11 Å². The minimum Gasteiger partial charge on any atom is -0.389 e. The predicted octanol–water partition coefficient (Wildman–Crippen LogP) is 6.60. The molecule has 8 nitrogen and oxygen atoms in total. The molecule has 8 heteroatoms. The normalized spacial score (nSPS) is 22.4. The molecule has 46 heavy (non-hydrogen) atoms. The molecule has 0 saturated heterocycles. The number of carbonyl (C=O) groups excluding carboxylic acids is 2. The average molecular weight is 606 g/mol. The summed E-state index contributed by atoms with van der Waals surface area (Å²) in [6, 6.07) is 31.4. The molecule has 2 aliphatic carbocycles. The summed E-state index contributed by atoms with van der Waals surface area (Å²) in [6.07, 6.45) is 3.38. The van der Waals surface area contributed by atoms with Crippen LogP contribution in [0.5, 0.6) is 0 Å². The van der Waals surface area contributed by atoms with Crippen molar-refractivity contribution in [2.45, 2.75) is 50.2 Å². The largest absolute Gasteiger partial charge is 0.389 e. The van der Waals surface area contributed by atoms with Crippen molar-refractivity contribution in [3.63, 3.8) is 0 Å². The number of benzene rings is 3. The molecule has 1 aliphatic heterocycles. The number of pyridine rings is 2. The molecule has 3 aliphatic rings. The quantitative estimate of drug-likeness (QED) is 0.215. The Kier molecular flexibility index (Phi) is 5.69. The van der Waals surface area contributed by atoms with Crippen molar-refractivity contribution in [1.29, 1.82) is 0 Å². The van der Waals surface area contributed by atoms with Crippen LogP contribution < -0.4 is 0 Å². The standard InChI is InChI=1S/C38H31N5O3/c1-2-32-40-41-33-19-18-30-31(42(32)33)20-29(23-8-4-3-5-9-23)34(39-30)24-12-14-25(15-13-24)37(21-38(46,22-37)26-16-17-26)43-35(44)27-10-6-7-11-28(27)36(43)45/h3-15,18-20,26,46H,2,16-17,21-22H2,1H3/t37-,38-. The molecule has 0 atom stereocenters. The van der Waals surface area contributed by atoms with E-state index >= 15 is 0 Å². The molecule has 0 radical (unpaired) electrons. The van der Waals surface area contributed by atoms with Gasteiger partial charge >= 0.3 is 0 Å². The highest BCUT2D eigenvalue weighted by Crippen LogP contribution is 2.61. The van der Waals surface area contributed by atoms with Crippen molar-refractivity contribution < 1.29 is 14.7 Å². The maximum atomic E-state index is 13.8. The number of aliphatic hydroxyl groups is 1. The van der Waals surface area contributed by atoms with Crippen molar-refractivity contribution in [2.75, 3.05) is 0 Å². The van der Waals surface area contributed by atoms with E-state index in [0.29, 0.717) is 24.0 Å². The van der Waals surface area contributed by atoms with Gasteiger partial charge in [0.1, 0.15) is 5.82 Å². The number of aryl methyl sites for hydroxylation is 1.